The van der Waals surface area contributed by atoms with Crippen LogP contribution in [0.25, 0.3) is 11.1 Å². The molecule has 0 bridgehead atoms. The van der Waals surface area contributed by atoms with Gasteiger partial charge in [-0.2, -0.15) is 0 Å². The first-order chi connectivity index (χ1) is 10.9. The zero-order valence-electron chi connectivity index (χ0n) is 12.4. The van der Waals surface area contributed by atoms with Crippen molar-refractivity contribution in [1.29, 1.82) is 0 Å². The smallest absolute Gasteiger partial charge is 0.493 e. The Labute approximate surface area is 131 Å². The molecule has 120 valence electrons. The van der Waals surface area contributed by atoms with Crippen LogP contribution in [0.1, 0.15) is 5.56 Å². The highest BCUT2D eigenvalue weighted by Crippen LogP contribution is 2.39. The summed E-state index contributed by atoms with van der Waals surface area (Å²) in [5.74, 6) is 2.76. The lowest BCUT2D eigenvalue weighted by Gasteiger charge is -2.15. The second-order valence-corrected chi connectivity index (χ2v) is 4.48. The molecule has 3 nitrogen and oxygen atoms in total. The van der Waals surface area contributed by atoms with Crippen LogP contribution in [0.2, 0.25) is 0 Å². The third kappa shape index (κ3) is 3.89. The molecule has 23 heavy (non-hydrogen) atoms. The van der Waals surface area contributed by atoms with Gasteiger partial charge < -0.3 is 14.2 Å². The quantitative estimate of drug-likeness (QED) is 0.788. The minimum Gasteiger partial charge on any atom is -0.493 e. The van der Waals surface area contributed by atoms with Gasteiger partial charge in [0.25, 0.3) is 0 Å². The van der Waals surface area contributed by atoms with Gasteiger partial charge in [0.1, 0.15) is 5.75 Å². The molecule has 0 spiro atoms. The fourth-order valence-corrected chi connectivity index (χ4v) is 2.14. The summed E-state index contributed by atoms with van der Waals surface area (Å²) in [5.41, 5.74) is 1.22. The summed E-state index contributed by atoms with van der Waals surface area (Å²) in [6, 6.07) is 9.02. The molecule has 0 aliphatic heterocycles. The number of alkyl halides is 3. The standard InChI is InChI=1S/C17H13F3O3/c1-4-11-8-12(10-13(9-11)23-17(18,19)20)14-6-5-7-15(21-2)16(14)22-3/h1,5-10H,2-3H3. The third-order valence-corrected chi connectivity index (χ3v) is 3.02. The van der Waals surface area contributed by atoms with Gasteiger partial charge in [0, 0.05) is 11.1 Å². The van der Waals surface area contributed by atoms with Crippen molar-refractivity contribution in [3.8, 4) is 40.7 Å². The number of hydrogen-bond donors (Lipinski definition) is 0. The lowest BCUT2D eigenvalue weighted by Crippen LogP contribution is -2.17. The summed E-state index contributed by atoms with van der Waals surface area (Å²) in [4.78, 5) is 0. The SMILES string of the molecule is C#Cc1cc(OC(F)(F)F)cc(-c2cccc(OC)c2OC)c1. The molecule has 0 saturated heterocycles. The van der Waals surface area contributed by atoms with E-state index in [-0.39, 0.29) is 5.56 Å². The zero-order valence-corrected chi connectivity index (χ0v) is 12.4. The first-order valence-corrected chi connectivity index (χ1v) is 6.46. The number of para-hydroxylation sites is 1. The highest BCUT2D eigenvalue weighted by Gasteiger charge is 2.31. The molecule has 0 heterocycles. The highest BCUT2D eigenvalue weighted by molar-refractivity contribution is 5.76. The predicted molar refractivity (Wildman–Crippen MR) is 79.6 cm³/mol. The van der Waals surface area contributed by atoms with Gasteiger partial charge in [0.2, 0.25) is 0 Å². The Kier molecular flexibility index (Phi) is 4.70. The molecule has 2 aromatic carbocycles. The van der Waals surface area contributed by atoms with E-state index >= 15 is 0 Å². The first kappa shape index (κ1) is 16.6. The van der Waals surface area contributed by atoms with E-state index in [0.29, 0.717) is 22.6 Å². The van der Waals surface area contributed by atoms with E-state index in [4.69, 9.17) is 15.9 Å². The topological polar surface area (TPSA) is 27.7 Å². The minimum absolute atomic E-state index is 0.256. The fraction of sp³-hybridized carbons (Fsp3) is 0.176. The van der Waals surface area contributed by atoms with Gasteiger partial charge in [-0.15, -0.1) is 19.6 Å². The molecule has 0 N–H and O–H groups in total. The average molecular weight is 322 g/mol. The molecule has 0 aromatic heterocycles. The third-order valence-electron chi connectivity index (χ3n) is 3.02. The Morgan fingerprint density at radius 2 is 1.78 bits per heavy atom. The maximum absolute atomic E-state index is 12.5. The van der Waals surface area contributed by atoms with Crippen LogP contribution in [0.15, 0.2) is 36.4 Å². The van der Waals surface area contributed by atoms with Crippen LogP contribution in [0, 0.1) is 12.3 Å². The average Bonchev–Trinajstić information content (AvgIpc) is 2.51. The number of hydrogen-bond acceptors (Lipinski definition) is 3. The second-order valence-electron chi connectivity index (χ2n) is 4.48. The van der Waals surface area contributed by atoms with Crippen LogP contribution in [0.5, 0.6) is 17.2 Å². The van der Waals surface area contributed by atoms with Crippen LogP contribution < -0.4 is 14.2 Å². The molecule has 0 radical (unpaired) electrons. The van der Waals surface area contributed by atoms with E-state index in [1.165, 1.54) is 20.3 Å². The number of ether oxygens (including phenoxy) is 3. The normalized spacial score (nSPS) is 10.8. The van der Waals surface area contributed by atoms with Crippen LogP contribution >= 0.6 is 0 Å². The fourth-order valence-electron chi connectivity index (χ4n) is 2.14. The van der Waals surface area contributed by atoms with Crippen molar-refractivity contribution >= 4 is 0 Å². The van der Waals surface area contributed by atoms with Crippen molar-refractivity contribution in [3.05, 3.63) is 42.0 Å². The molecule has 0 saturated carbocycles. The summed E-state index contributed by atoms with van der Waals surface area (Å²) < 4.78 is 51.8. The molecule has 2 aromatic rings. The zero-order chi connectivity index (χ0) is 17.0. The first-order valence-electron chi connectivity index (χ1n) is 6.46. The van der Waals surface area contributed by atoms with E-state index in [1.807, 2.05) is 0 Å². The van der Waals surface area contributed by atoms with Crippen molar-refractivity contribution in [3.63, 3.8) is 0 Å². The molecular weight excluding hydrogens is 309 g/mol. The van der Waals surface area contributed by atoms with Crippen molar-refractivity contribution in [2.24, 2.45) is 0 Å². The summed E-state index contributed by atoms with van der Waals surface area (Å²) in [6.45, 7) is 0. The number of halogens is 3. The van der Waals surface area contributed by atoms with E-state index in [2.05, 4.69) is 10.7 Å². The van der Waals surface area contributed by atoms with E-state index < -0.39 is 12.1 Å². The molecule has 0 amide bonds. The molecule has 0 unspecified atom stereocenters. The van der Waals surface area contributed by atoms with E-state index in [1.54, 1.807) is 24.3 Å². The van der Waals surface area contributed by atoms with Crippen LogP contribution in [-0.4, -0.2) is 20.6 Å². The van der Waals surface area contributed by atoms with Crippen LogP contribution in [0.4, 0.5) is 13.2 Å². The van der Waals surface area contributed by atoms with Gasteiger partial charge >= 0.3 is 6.36 Å². The van der Waals surface area contributed by atoms with Crippen molar-refractivity contribution in [1.82, 2.24) is 0 Å². The van der Waals surface area contributed by atoms with Gasteiger partial charge in [-0.1, -0.05) is 18.1 Å². The van der Waals surface area contributed by atoms with Crippen molar-refractivity contribution in [2.75, 3.05) is 14.2 Å². The Bertz CT molecular complexity index is 746. The highest BCUT2D eigenvalue weighted by atomic mass is 19.4. The predicted octanol–water partition coefficient (Wildman–Crippen LogP) is 4.25. The van der Waals surface area contributed by atoms with Gasteiger partial charge in [0.05, 0.1) is 14.2 Å². The minimum atomic E-state index is -4.80. The largest absolute Gasteiger partial charge is 0.573 e. The lowest BCUT2D eigenvalue weighted by atomic mass is 10.0. The van der Waals surface area contributed by atoms with Gasteiger partial charge in [-0.3, -0.25) is 0 Å². The molecule has 6 heteroatoms. The van der Waals surface area contributed by atoms with E-state index in [0.717, 1.165) is 6.07 Å². The van der Waals surface area contributed by atoms with Crippen molar-refractivity contribution in [2.45, 2.75) is 6.36 Å². The summed E-state index contributed by atoms with van der Waals surface area (Å²) >= 11 is 0. The van der Waals surface area contributed by atoms with Gasteiger partial charge in [0.15, 0.2) is 11.5 Å². The van der Waals surface area contributed by atoms with Crippen LogP contribution in [-0.2, 0) is 0 Å². The second kappa shape index (κ2) is 6.53. The molecular formula is C17H13F3O3. The monoisotopic (exact) mass is 322 g/mol. The molecule has 0 atom stereocenters. The maximum Gasteiger partial charge on any atom is 0.573 e. The molecule has 0 fully saturated rings. The Morgan fingerprint density at radius 3 is 2.35 bits per heavy atom. The Morgan fingerprint density at radius 1 is 1.04 bits per heavy atom. The summed E-state index contributed by atoms with van der Waals surface area (Å²) in [7, 11) is 2.91. The number of rotatable bonds is 4. The number of benzene rings is 2. The van der Waals surface area contributed by atoms with Gasteiger partial charge in [-0.05, 0) is 29.8 Å². The van der Waals surface area contributed by atoms with Gasteiger partial charge in [-0.25, -0.2) is 0 Å². The summed E-state index contributed by atoms with van der Waals surface area (Å²) in [5, 5.41) is 0. The number of terminal acetylenes is 1. The number of methoxy groups -OCH3 is 2. The maximum atomic E-state index is 12.5. The van der Waals surface area contributed by atoms with E-state index in [9.17, 15) is 13.2 Å². The molecule has 0 aliphatic carbocycles. The molecule has 2 rings (SSSR count). The van der Waals surface area contributed by atoms with Crippen LogP contribution in [0.3, 0.4) is 0 Å². The van der Waals surface area contributed by atoms with Crippen molar-refractivity contribution < 1.29 is 27.4 Å². The molecule has 0 aliphatic rings. The lowest BCUT2D eigenvalue weighted by molar-refractivity contribution is -0.274. The Hall–Kier alpha value is -2.81. The Balaban J connectivity index is 2.60. The summed E-state index contributed by atoms with van der Waals surface area (Å²) in [6.07, 6.45) is 0.511.